The SMILES string of the molecule is CC=CCO[C@H]1C[C@@H](NC(=O)O)C1. The van der Waals surface area contributed by atoms with Crippen LogP contribution in [0.25, 0.3) is 0 Å². The monoisotopic (exact) mass is 185 g/mol. The Morgan fingerprint density at radius 2 is 2.38 bits per heavy atom. The predicted octanol–water partition coefficient (Wildman–Crippen LogP) is 1.38. The number of amides is 1. The van der Waals surface area contributed by atoms with E-state index >= 15 is 0 Å². The van der Waals surface area contributed by atoms with Gasteiger partial charge in [0.1, 0.15) is 0 Å². The minimum absolute atomic E-state index is 0.0908. The first-order valence-corrected chi connectivity index (χ1v) is 4.44. The molecule has 0 bridgehead atoms. The summed E-state index contributed by atoms with van der Waals surface area (Å²) in [5, 5.41) is 10.8. The Hall–Kier alpha value is -1.03. The van der Waals surface area contributed by atoms with Crippen molar-refractivity contribution in [2.75, 3.05) is 6.61 Å². The summed E-state index contributed by atoms with van der Waals surface area (Å²) in [5.41, 5.74) is 0. The normalized spacial score (nSPS) is 27.2. The van der Waals surface area contributed by atoms with Crippen molar-refractivity contribution in [1.29, 1.82) is 0 Å². The fraction of sp³-hybridized carbons (Fsp3) is 0.667. The minimum Gasteiger partial charge on any atom is -0.465 e. The Morgan fingerprint density at radius 1 is 1.69 bits per heavy atom. The van der Waals surface area contributed by atoms with Gasteiger partial charge in [-0.05, 0) is 19.8 Å². The summed E-state index contributed by atoms with van der Waals surface area (Å²) in [6, 6.07) is 0.0908. The van der Waals surface area contributed by atoms with E-state index in [1.807, 2.05) is 19.1 Å². The molecule has 74 valence electrons. The smallest absolute Gasteiger partial charge is 0.404 e. The van der Waals surface area contributed by atoms with Crippen LogP contribution in [0.5, 0.6) is 0 Å². The third-order valence-electron chi connectivity index (χ3n) is 2.09. The molecule has 1 amide bonds. The number of hydrogen-bond acceptors (Lipinski definition) is 2. The van der Waals surface area contributed by atoms with Gasteiger partial charge in [0.2, 0.25) is 0 Å². The zero-order valence-electron chi connectivity index (χ0n) is 7.69. The van der Waals surface area contributed by atoms with Gasteiger partial charge in [-0.25, -0.2) is 4.79 Å². The van der Waals surface area contributed by atoms with Crippen LogP contribution in [-0.4, -0.2) is 30.0 Å². The van der Waals surface area contributed by atoms with Crippen molar-refractivity contribution in [3.8, 4) is 0 Å². The van der Waals surface area contributed by atoms with Crippen molar-refractivity contribution in [3.63, 3.8) is 0 Å². The Bertz CT molecular complexity index is 197. The molecule has 0 saturated heterocycles. The number of rotatable bonds is 4. The van der Waals surface area contributed by atoms with Crippen molar-refractivity contribution in [1.82, 2.24) is 5.32 Å². The van der Waals surface area contributed by atoms with E-state index in [9.17, 15) is 4.79 Å². The first-order chi connectivity index (χ1) is 6.22. The van der Waals surface area contributed by atoms with Crippen LogP contribution in [-0.2, 0) is 4.74 Å². The van der Waals surface area contributed by atoms with Gasteiger partial charge >= 0.3 is 6.09 Å². The molecule has 0 aromatic rings. The Labute approximate surface area is 77.6 Å². The van der Waals surface area contributed by atoms with E-state index in [0.29, 0.717) is 6.61 Å². The molecule has 1 aliphatic carbocycles. The molecule has 0 heterocycles. The van der Waals surface area contributed by atoms with Crippen molar-refractivity contribution < 1.29 is 14.6 Å². The highest BCUT2D eigenvalue weighted by Gasteiger charge is 2.30. The third kappa shape index (κ3) is 3.46. The van der Waals surface area contributed by atoms with Crippen molar-refractivity contribution >= 4 is 6.09 Å². The molecule has 1 saturated carbocycles. The van der Waals surface area contributed by atoms with Crippen LogP contribution in [0.1, 0.15) is 19.8 Å². The molecular weight excluding hydrogens is 170 g/mol. The highest BCUT2D eigenvalue weighted by atomic mass is 16.5. The zero-order chi connectivity index (χ0) is 9.68. The maximum atomic E-state index is 10.2. The van der Waals surface area contributed by atoms with Gasteiger partial charge in [0.15, 0.2) is 0 Å². The largest absolute Gasteiger partial charge is 0.465 e. The summed E-state index contributed by atoms with van der Waals surface area (Å²) in [7, 11) is 0. The zero-order valence-corrected chi connectivity index (χ0v) is 7.69. The van der Waals surface area contributed by atoms with Gasteiger partial charge in [-0.1, -0.05) is 12.2 Å². The highest BCUT2D eigenvalue weighted by Crippen LogP contribution is 2.22. The lowest BCUT2D eigenvalue weighted by atomic mass is 9.89. The maximum Gasteiger partial charge on any atom is 0.404 e. The van der Waals surface area contributed by atoms with Gasteiger partial charge in [-0.3, -0.25) is 0 Å². The van der Waals surface area contributed by atoms with Crippen LogP contribution in [0.4, 0.5) is 4.79 Å². The lowest BCUT2D eigenvalue weighted by Crippen LogP contribution is -2.47. The fourth-order valence-corrected chi connectivity index (χ4v) is 1.28. The van der Waals surface area contributed by atoms with Crippen LogP contribution in [0.2, 0.25) is 0 Å². The molecule has 0 spiro atoms. The molecular formula is C9H15NO3. The van der Waals surface area contributed by atoms with E-state index in [1.165, 1.54) is 0 Å². The first kappa shape index (κ1) is 10.1. The molecule has 2 N–H and O–H groups in total. The molecule has 0 aromatic carbocycles. The minimum atomic E-state index is -0.947. The lowest BCUT2D eigenvalue weighted by molar-refractivity contribution is -0.000838. The van der Waals surface area contributed by atoms with Gasteiger partial charge in [0.25, 0.3) is 0 Å². The summed E-state index contributed by atoms with van der Waals surface area (Å²) >= 11 is 0. The van der Waals surface area contributed by atoms with E-state index in [4.69, 9.17) is 9.84 Å². The lowest BCUT2D eigenvalue weighted by Gasteiger charge is -2.34. The van der Waals surface area contributed by atoms with Gasteiger partial charge in [-0.2, -0.15) is 0 Å². The molecule has 0 aromatic heterocycles. The molecule has 0 aliphatic heterocycles. The molecule has 4 heteroatoms. The number of allylic oxidation sites excluding steroid dienone is 1. The molecule has 1 aliphatic rings. The predicted molar refractivity (Wildman–Crippen MR) is 48.7 cm³/mol. The van der Waals surface area contributed by atoms with E-state index in [-0.39, 0.29) is 12.1 Å². The summed E-state index contributed by atoms with van der Waals surface area (Å²) < 4.78 is 5.41. The Kier molecular flexibility index (Phi) is 3.76. The standard InChI is InChI=1S/C9H15NO3/c1-2-3-4-13-8-5-7(6-8)10-9(11)12/h2-3,7-8,10H,4-6H2,1H3,(H,11,12)/t7-,8+. The van der Waals surface area contributed by atoms with Gasteiger partial charge in [-0.15, -0.1) is 0 Å². The molecule has 0 radical (unpaired) electrons. The molecule has 1 fully saturated rings. The first-order valence-electron chi connectivity index (χ1n) is 4.44. The maximum absolute atomic E-state index is 10.2. The number of ether oxygens (including phenoxy) is 1. The van der Waals surface area contributed by atoms with E-state index in [1.54, 1.807) is 0 Å². The van der Waals surface area contributed by atoms with Crippen molar-refractivity contribution in [2.45, 2.75) is 31.9 Å². The molecule has 0 unspecified atom stereocenters. The number of carboxylic acid groups (broad SMARTS) is 1. The fourth-order valence-electron chi connectivity index (χ4n) is 1.28. The van der Waals surface area contributed by atoms with Gasteiger partial charge < -0.3 is 15.2 Å². The average molecular weight is 185 g/mol. The van der Waals surface area contributed by atoms with Gasteiger partial charge in [0.05, 0.1) is 12.7 Å². The second-order valence-electron chi connectivity index (χ2n) is 3.14. The highest BCUT2D eigenvalue weighted by molar-refractivity contribution is 5.65. The summed E-state index contributed by atoms with van der Waals surface area (Å²) in [6.45, 7) is 2.57. The van der Waals surface area contributed by atoms with Crippen LogP contribution in [0.3, 0.4) is 0 Å². The topological polar surface area (TPSA) is 58.6 Å². The molecule has 4 nitrogen and oxygen atoms in total. The number of hydrogen-bond donors (Lipinski definition) is 2. The molecule has 13 heavy (non-hydrogen) atoms. The average Bonchev–Trinajstić information content (AvgIpc) is 1.99. The van der Waals surface area contributed by atoms with E-state index < -0.39 is 6.09 Å². The quantitative estimate of drug-likeness (QED) is 0.650. The molecule has 0 atom stereocenters. The molecule has 1 rings (SSSR count). The van der Waals surface area contributed by atoms with Crippen LogP contribution >= 0.6 is 0 Å². The van der Waals surface area contributed by atoms with Gasteiger partial charge in [0, 0.05) is 6.04 Å². The van der Waals surface area contributed by atoms with Crippen LogP contribution in [0.15, 0.2) is 12.2 Å². The summed E-state index contributed by atoms with van der Waals surface area (Å²) in [6.07, 6.45) is 4.75. The Balaban J connectivity index is 2.01. The van der Waals surface area contributed by atoms with E-state index in [2.05, 4.69) is 5.32 Å². The summed E-state index contributed by atoms with van der Waals surface area (Å²) in [4.78, 5) is 10.2. The van der Waals surface area contributed by atoms with Crippen LogP contribution in [0, 0.1) is 0 Å². The Morgan fingerprint density at radius 3 is 2.92 bits per heavy atom. The number of carbonyl (C=O) groups is 1. The second-order valence-corrected chi connectivity index (χ2v) is 3.14. The van der Waals surface area contributed by atoms with Crippen molar-refractivity contribution in [3.05, 3.63) is 12.2 Å². The van der Waals surface area contributed by atoms with E-state index in [0.717, 1.165) is 12.8 Å². The third-order valence-corrected chi connectivity index (χ3v) is 2.09. The second kappa shape index (κ2) is 4.87. The van der Waals surface area contributed by atoms with Crippen molar-refractivity contribution in [2.24, 2.45) is 0 Å². The van der Waals surface area contributed by atoms with Crippen LogP contribution < -0.4 is 5.32 Å². The number of nitrogens with one attached hydrogen (secondary N) is 1. The summed E-state index contributed by atoms with van der Waals surface area (Å²) in [5.74, 6) is 0.